The van der Waals surface area contributed by atoms with Crippen molar-refractivity contribution in [1.82, 2.24) is 9.80 Å². The minimum atomic E-state index is -0.451. The molecule has 0 aliphatic carbocycles. The maximum atomic E-state index is 14.4. The zero-order valence-electron chi connectivity index (χ0n) is 27.8. The van der Waals surface area contributed by atoms with E-state index in [9.17, 15) is 14.7 Å². The number of hydrogen-bond donors (Lipinski definition) is 2. The molecule has 0 unspecified atom stereocenters. The molecule has 0 bridgehead atoms. The molecule has 3 aromatic rings. The number of ether oxygens (including phenoxy) is 3. The molecule has 1 heterocycles. The lowest BCUT2D eigenvalue weighted by Crippen LogP contribution is -2.47. The van der Waals surface area contributed by atoms with Crippen molar-refractivity contribution >= 4 is 17.5 Å². The molecule has 0 saturated heterocycles. The number of carbonyl (C=O) groups excluding carboxylic acids is 2. The Morgan fingerprint density at radius 3 is 2.52 bits per heavy atom. The summed E-state index contributed by atoms with van der Waals surface area (Å²) in [6.45, 7) is 8.14. The first-order valence-corrected chi connectivity index (χ1v) is 16.2. The van der Waals surface area contributed by atoms with E-state index in [1.807, 2.05) is 32.0 Å². The fourth-order valence-electron chi connectivity index (χ4n) is 5.67. The minimum Gasteiger partial charge on any atom is -0.497 e. The Bertz CT molecular complexity index is 1400. The zero-order chi connectivity index (χ0) is 33.1. The number of benzene rings is 3. The highest BCUT2D eigenvalue weighted by molar-refractivity contribution is 6.05. The van der Waals surface area contributed by atoms with Crippen LogP contribution in [0.5, 0.6) is 11.5 Å². The minimum absolute atomic E-state index is 0.0385. The van der Waals surface area contributed by atoms with Gasteiger partial charge >= 0.3 is 0 Å². The summed E-state index contributed by atoms with van der Waals surface area (Å²) in [6.07, 6.45) is 2.35. The first-order chi connectivity index (χ1) is 22.2. The normalized spacial score (nSPS) is 20.3. The summed E-state index contributed by atoms with van der Waals surface area (Å²) in [6, 6.07) is 21.7. The topological polar surface area (TPSA) is 101 Å². The molecule has 9 nitrogen and oxygen atoms in total. The summed E-state index contributed by atoms with van der Waals surface area (Å²) in [5.41, 5.74) is 2.52. The van der Waals surface area contributed by atoms with E-state index >= 15 is 0 Å². The van der Waals surface area contributed by atoms with Gasteiger partial charge < -0.3 is 29.5 Å². The Morgan fingerprint density at radius 2 is 1.83 bits per heavy atom. The number of anilines is 1. The molecule has 2 amide bonds. The van der Waals surface area contributed by atoms with Crippen molar-refractivity contribution in [3.05, 3.63) is 89.5 Å². The summed E-state index contributed by atoms with van der Waals surface area (Å²) in [5.74, 6) is 0.708. The number of nitrogens with zero attached hydrogens (tertiary/aromatic N) is 2. The van der Waals surface area contributed by atoms with Gasteiger partial charge in [0.05, 0.1) is 37.5 Å². The molecule has 1 aliphatic rings. The lowest BCUT2D eigenvalue weighted by Gasteiger charge is -2.36. The van der Waals surface area contributed by atoms with E-state index < -0.39 is 6.04 Å². The van der Waals surface area contributed by atoms with Crippen molar-refractivity contribution in [2.75, 3.05) is 45.8 Å². The van der Waals surface area contributed by atoms with Gasteiger partial charge in [0.1, 0.15) is 11.5 Å². The van der Waals surface area contributed by atoms with Crippen molar-refractivity contribution in [2.24, 2.45) is 5.92 Å². The van der Waals surface area contributed by atoms with Crippen LogP contribution in [-0.4, -0.2) is 85.4 Å². The molecule has 0 saturated carbocycles. The summed E-state index contributed by atoms with van der Waals surface area (Å²) in [4.78, 5) is 31.2. The van der Waals surface area contributed by atoms with Crippen LogP contribution in [0.3, 0.4) is 0 Å². The highest BCUT2D eigenvalue weighted by atomic mass is 16.5. The molecule has 0 radical (unpaired) electrons. The highest BCUT2D eigenvalue weighted by Gasteiger charge is 2.30. The second-order valence-corrected chi connectivity index (χ2v) is 12.4. The van der Waals surface area contributed by atoms with Crippen LogP contribution >= 0.6 is 0 Å². The van der Waals surface area contributed by atoms with Crippen molar-refractivity contribution < 1.29 is 28.9 Å². The molecule has 4 rings (SSSR count). The Kier molecular flexibility index (Phi) is 13.0. The second-order valence-electron chi connectivity index (χ2n) is 12.4. The van der Waals surface area contributed by atoms with Crippen LogP contribution in [0.25, 0.3) is 0 Å². The third-order valence-electron chi connectivity index (χ3n) is 8.45. The van der Waals surface area contributed by atoms with E-state index in [2.05, 4.69) is 36.3 Å². The summed E-state index contributed by atoms with van der Waals surface area (Å²) < 4.78 is 18.1. The van der Waals surface area contributed by atoms with Crippen molar-refractivity contribution in [2.45, 2.75) is 64.8 Å². The van der Waals surface area contributed by atoms with Gasteiger partial charge in [-0.2, -0.15) is 0 Å². The largest absolute Gasteiger partial charge is 0.497 e. The highest BCUT2D eigenvalue weighted by Crippen LogP contribution is 2.29. The van der Waals surface area contributed by atoms with E-state index in [0.717, 1.165) is 31.6 Å². The zero-order valence-corrected chi connectivity index (χ0v) is 27.8. The molecular weight excluding hydrogens is 582 g/mol. The van der Waals surface area contributed by atoms with Gasteiger partial charge in [0.25, 0.3) is 11.8 Å². The van der Waals surface area contributed by atoms with E-state index in [1.165, 1.54) is 5.56 Å². The number of aliphatic hydroxyl groups is 1. The van der Waals surface area contributed by atoms with Crippen LogP contribution in [0.4, 0.5) is 5.69 Å². The molecular formula is C37H49N3O6. The standard InChI is InChI=1S/C37H49N3O6/c1-26-22-40(27(2)25-41)37(43)33-21-31(38-36(42)30-12-7-6-8-13-30)16-19-34(33)46-28(3)11-9-10-20-45-35(26)24-39(4)23-29-14-17-32(44-5)18-15-29/h6-8,12-19,21,26-28,35,41H,9-11,20,22-25H2,1-5H3,(H,38,42)/t26-,27+,28+,35-/m1/s1. The van der Waals surface area contributed by atoms with Gasteiger partial charge in [0.2, 0.25) is 0 Å². The quantitative estimate of drug-likeness (QED) is 0.305. The first-order valence-electron chi connectivity index (χ1n) is 16.2. The number of aliphatic hydroxyl groups excluding tert-OH is 1. The lowest BCUT2D eigenvalue weighted by atomic mass is 10.0. The third kappa shape index (κ3) is 9.79. The smallest absolute Gasteiger partial charge is 0.258 e. The van der Waals surface area contributed by atoms with Crippen LogP contribution in [0, 0.1) is 5.92 Å². The van der Waals surface area contributed by atoms with E-state index in [1.54, 1.807) is 54.5 Å². The molecule has 4 atom stereocenters. The predicted molar refractivity (Wildman–Crippen MR) is 181 cm³/mol. The number of carbonyl (C=O) groups is 2. The van der Waals surface area contributed by atoms with Gasteiger partial charge in [0.15, 0.2) is 0 Å². The maximum Gasteiger partial charge on any atom is 0.258 e. The molecule has 46 heavy (non-hydrogen) atoms. The number of rotatable bonds is 9. The van der Waals surface area contributed by atoms with Crippen LogP contribution in [0.2, 0.25) is 0 Å². The van der Waals surface area contributed by atoms with Crippen LogP contribution in [0.15, 0.2) is 72.8 Å². The average molecular weight is 632 g/mol. The Morgan fingerprint density at radius 1 is 1.09 bits per heavy atom. The van der Waals surface area contributed by atoms with Gasteiger partial charge in [0, 0.05) is 43.4 Å². The van der Waals surface area contributed by atoms with Gasteiger partial charge in [-0.1, -0.05) is 37.3 Å². The van der Waals surface area contributed by atoms with Gasteiger partial charge in [-0.05, 0) is 88.2 Å². The van der Waals surface area contributed by atoms with Crippen LogP contribution in [0.1, 0.15) is 66.3 Å². The number of likely N-dealkylation sites (N-methyl/N-ethyl adjacent to an activating group) is 1. The van der Waals surface area contributed by atoms with Crippen LogP contribution < -0.4 is 14.8 Å². The average Bonchev–Trinajstić information content (AvgIpc) is 3.06. The molecule has 0 fully saturated rings. The van der Waals surface area contributed by atoms with E-state index in [-0.39, 0.29) is 36.5 Å². The number of hydrogen-bond acceptors (Lipinski definition) is 7. The third-order valence-corrected chi connectivity index (χ3v) is 8.45. The van der Waals surface area contributed by atoms with E-state index in [4.69, 9.17) is 14.2 Å². The van der Waals surface area contributed by atoms with Crippen molar-refractivity contribution in [1.29, 1.82) is 0 Å². The number of methoxy groups -OCH3 is 1. The van der Waals surface area contributed by atoms with E-state index in [0.29, 0.717) is 42.3 Å². The summed E-state index contributed by atoms with van der Waals surface area (Å²) in [5, 5.41) is 13.2. The molecule has 1 aliphatic heterocycles. The molecule has 3 aromatic carbocycles. The lowest BCUT2D eigenvalue weighted by molar-refractivity contribution is -0.0177. The second kappa shape index (κ2) is 17.1. The fourth-order valence-corrected chi connectivity index (χ4v) is 5.67. The Labute approximate surface area is 273 Å². The molecule has 0 spiro atoms. The summed E-state index contributed by atoms with van der Waals surface area (Å²) in [7, 11) is 3.74. The predicted octanol–water partition coefficient (Wildman–Crippen LogP) is 5.88. The monoisotopic (exact) mass is 631 g/mol. The van der Waals surface area contributed by atoms with Crippen molar-refractivity contribution in [3.63, 3.8) is 0 Å². The maximum absolute atomic E-state index is 14.4. The molecule has 248 valence electrons. The number of nitrogens with one attached hydrogen (secondary N) is 1. The molecule has 2 N–H and O–H groups in total. The molecule has 9 heteroatoms. The first kappa shape index (κ1) is 34.9. The molecule has 0 aromatic heterocycles. The number of amides is 2. The van der Waals surface area contributed by atoms with Crippen LogP contribution in [-0.2, 0) is 11.3 Å². The Hall–Kier alpha value is -3.92. The van der Waals surface area contributed by atoms with Crippen molar-refractivity contribution in [3.8, 4) is 11.5 Å². The Balaban J connectivity index is 1.59. The van der Waals surface area contributed by atoms with Gasteiger partial charge in [-0.3, -0.25) is 14.5 Å². The number of fused-ring (bicyclic) bond motifs is 1. The van der Waals surface area contributed by atoms with Gasteiger partial charge in [-0.25, -0.2) is 0 Å². The summed E-state index contributed by atoms with van der Waals surface area (Å²) >= 11 is 0. The SMILES string of the molecule is COc1ccc(CN(C)C[C@H]2OCCCC[C@H](C)Oc3ccc(NC(=O)c4ccccc4)cc3C(=O)N([C@@H](C)CO)C[C@H]2C)cc1. The fraction of sp³-hybridized carbons (Fsp3) is 0.459. The van der Waals surface area contributed by atoms with Gasteiger partial charge in [-0.15, -0.1) is 0 Å².